The van der Waals surface area contributed by atoms with E-state index in [2.05, 4.69) is 192 Å². The lowest BCUT2D eigenvalue weighted by Crippen LogP contribution is -2.09. The Morgan fingerprint density at radius 2 is 0.388 bits per heavy atom. The molecule has 10 aromatic rings. The second-order valence-corrected chi connectivity index (χ2v) is 18.8. The molecule has 67 heavy (non-hydrogen) atoms. The van der Waals surface area contributed by atoms with E-state index in [1.54, 1.807) is 35.3 Å². The zero-order valence-electron chi connectivity index (χ0n) is 36.3. The Kier molecular flexibility index (Phi) is 13.7. The highest BCUT2D eigenvalue weighted by Crippen LogP contribution is 2.42. The smallest absolute Gasteiger partial charge is 0.127 e. The SMILES string of the molecule is c1ccc(Oc2ccc(N(c3ccc(Oc4ccccc4)cc3)c3ccc(Sc4ccc(N(c5ccc(Sc6ccccc6)cc5)c5ccc(Sc6ccccc6)cc5)cc4)cc3)cc2)cc1. The van der Waals surface area contributed by atoms with Crippen molar-refractivity contribution in [3.05, 3.63) is 267 Å². The predicted molar refractivity (Wildman–Crippen MR) is 281 cm³/mol. The Bertz CT molecular complexity index is 2700. The monoisotopic (exact) mass is 920 g/mol. The molecular formula is C60H44N2O2S3. The maximum absolute atomic E-state index is 6.14. The summed E-state index contributed by atoms with van der Waals surface area (Å²) in [6.07, 6.45) is 0. The first kappa shape index (κ1) is 43.3. The summed E-state index contributed by atoms with van der Waals surface area (Å²) < 4.78 is 12.3. The number of anilines is 6. The molecule has 10 aromatic carbocycles. The molecule has 0 saturated carbocycles. The van der Waals surface area contributed by atoms with Crippen molar-refractivity contribution in [1.29, 1.82) is 0 Å². The van der Waals surface area contributed by atoms with Crippen LogP contribution in [0.2, 0.25) is 0 Å². The fourth-order valence-corrected chi connectivity index (χ4v) is 10.0. The second kappa shape index (κ2) is 21.2. The first-order valence-electron chi connectivity index (χ1n) is 22.0. The van der Waals surface area contributed by atoms with Crippen LogP contribution in [0.1, 0.15) is 0 Å². The molecule has 7 heteroatoms. The van der Waals surface area contributed by atoms with Crippen LogP contribution in [-0.2, 0) is 0 Å². The van der Waals surface area contributed by atoms with Crippen molar-refractivity contribution in [3.63, 3.8) is 0 Å². The third-order valence-electron chi connectivity index (χ3n) is 10.7. The van der Waals surface area contributed by atoms with Crippen LogP contribution in [-0.4, -0.2) is 0 Å². The molecule has 0 aromatic heterocycles. The number of rotatable bonds is 16. The van der Waals surface area contributed by atoms with E-state index in [-0.39, 0.29) is 0 Å². The molecule has 0 bridgehead atoms. The van der Waals surface area contributed by atoms with Gasteiger partial charge in [0.2, 0.25) is 0 Å². The highest BCUT2D eigenvalue weighted by Gasteiger charge is 2.16. The average molecular weight is 921 g/mol. The second-order valence-electron chi connectivity index (χ2n) is 15.4. The molecule has 0 fully saturated rings. The van der Waals surface area contributed by atoms with Crippen LogP contribution in [0, 0.1) is 0 Å². The Balaban J connectivity index is 0.889. The molecule has 0 aliphatic carbocycles. The van der Waals surface area contributed by atoms with Crippen LogP contribution in [0.4, 0.5) is 34.1 Å². The molecule has 0 N–H and O–H groups in total. The van der Waals surface area contributed by atoms with Crippen LogP contribution < -0.4 is 19.3 Å². The summed E-state index contributed by atoms with van der Waals surface area (Å²) in [7, 11) is 0. The summed E-state index contributed by atoms with van der Waals surface area (Å²) in [5.41, 5.74) is 6.32. The molecule has 0 radical (unpaired) electrons. The van der Waals surface area contributed by atoms with Gasteiger partial charge in [0, 0.05) is 63.5 Å². The van der Waals surface area contributed by atoms with Crippen molar-refractivity contribution < 1.29 is 9.47 Å². The van der Waals surface area contributed by atoms with Crippen LogP contribution in [0.5, 0.6) is 23.0 Å². The standard InChI is InChI=1S/C60H44N2O2S3/c1-5-13-51(14-6-1)63-53-33-21-45(22-34-53)61(46-23-35-54(36-24-46)64-52-15-7-2-8-16-52)47-29-41-59(42-30-47)67-60-43-31-50(32-44-60)62(48-25-37-57(38-26-48)65-55-17-9-3-10-18-55)49-27-39-58(40-28-49)66-56-19-11-4-12-20-56/h1-44H. The van der Waals surface area contributed by atoms with Gasteiger partial charge < -0.3 is 19.3 Å². The summed E-state index contributed by atoms with van der Waals surface area (Å²) in [5, 5.41) is 0. The van der Waals surface area contributed by atoms with Gasteiger partial charge in [0.1, 0.15) is 23.0 Å². The van der Waals surface area contributed by atoms with Crippen molar-refractivity contribution >= 4 is 69.4 Å². The molecule has 324 valence electrons. The number of nitrogens with zero attached hydrogens (tertiary/aromatic N) is 2. The number of para-hydroxylation sites is 2. The third-order valence-corrected chi connectivity index (χ3v) is 13.8. The van der Waals surface area contributed by atoms with E-state index < -0.39 is 0 Å². The van der Waals surface area contributed by atoms with E-state index in [0.29, 0.717) is 0 Å². The Morgan fingerprint density at radius 1 is 0.194 bits per heavy atom. The topological polar surface area (TPSA) is 24.9 Å². The van der Waals surface area contributed by atoms with Gasteiger partial charge in [-0.25, -0.2) is 0 Å². The third kappa shape index (κ3) is 11.3. The summed E-state index contributed by atoms with van der Waals surface area (Å²) in [4.78, 5) is 11.7. The fraction of sp³-hybridized carbons (Fsp3) is 0. The van der Waals surface area contributed by atoms with Crippen LogP contribution in [0.25, 0.3) is 0 Å². The minimum absolute atomic E-state index is 0.772. The molecule has 0 saturated heterocycles. The summed E-state index contributed by atoms with van der Waals surface area (Å²) >= 11 is 5.29. The number of benzene rings is 10. The van der Waals surface area contributed by atoms with Gasteiger partial charge in [-0.2, -0.15) is 0 Å². The van der Waals surface area contributed by atoms with Crippen molar-refractivity contribution in [2.75, 3.05) is 9.80 Å². The number of ether oxygens (including phenoxy) is 2. The summed E-state index contributed by atoms with van der Waals surface area (Å²) in [6, 6.07) is 92.4. The molecule has 0 unspecified atom stereocenters. The lowest BCUT2D eigenvalue weighted by Gasteiger charge is -2.26. The first-order valence-corrected chi connectivity index (χ1v) is 24.4. The Labute approximate surface area is 405 Å². The molecule has 0 spiro atoms. The highest BCUT2D eigenvalue weighted by atomic mass is 32.2. The van der Waals surface area contributed by atoms with Gasteiger partial charge in [-0.3, -0.25) is 0 Å². The van der Waals surface area contributed by atoms with E-state index >= 15 is 0 Å². The van der Waals surface area contributed by atoms with Gasteiger partial charge in [-0.05, 0) is 194 Å². The zero-order chi connectivity index (χ0) is 45.0. The predicted octanol–water partition coefficient (Wildman–Crippen LogP) is 18.7. The molecule has 10 rings (SSSR count). The Hall–Kier alpha value is -7.55. The number of hydrogen-bond acceptors (Lipinski definition) is 7. The van der Waals surface area contributed by atoms with Gasteiger partial charge in [0.15, 0.2) is 0 Å². The Morgan fingerprint density at radius 3 is 0.642 bits per heavy atom. The molecule has 0 aliphatic rings. The number of hydrogen-bond donors (Lipinski definition) is 0. The summed E-state index contributed by atoms with van der Waals surface area (Å²) in [6.45, 7) is 0. The molecule has 0 atom stereocenters. The van der Waals surface area contributed by atoms with E-state index in [9.17, 15) is 0 Å². The molecule has 0 heterocycles. The molecule has 0 aliphatic heterocycles. The van der Waals surface area contributed by atoms with E-state index in [1.165, 1.54) is 19.6 Å². The van der Waals surface area contributed by atoms with Gasteiger partial charge >= 0.3 is 0 Å². The fourth-order valence-electron chi connectivity index (χ4n) is 7.51. The average Bonchev–Trinajstić information content (AvgIpc) is 3.38. The van der Waals surface area contributed by atoms with Gasteiger partial charge in [-0.1, -0.05) is 108 Å². The normalized spacial score (nSPS) is 10.9. The van der Waals surface area contributed by atoms with Crippen molar-refractivity contribution in [2.24, 2.45) is 0 Å². The minimum atomic E-state index is 0.772. The van der Waals surface area contributed by atoms with Gasteiger partial charge in [0.05, 0.1) is 0 Å². The van der Waals surface area contributed by atoms with Crippen molar-refractivity contribution in [1.82, 2.24) is 0 Å². The van der Waals surface area contributed by atoms with E-state index in [1.807, 2.05) is 84.9 Å². The first-order chi connectivity index (χ1) is 33.1. The highest BCUT2D eigenvalue weighted by molar-refractivity contribution is 7.99. The quantitative estimate of drug-likeness (QED) is 0.0952. The van der Waals surface area contributed by atoms with E-state index in [4.69, 9.17) is 9.47 Å². The summed E-state index contributed by atoms with van der Waals surface area (Å²) in [5.74, 6) is 3.14. The minimum Gasteiger partial charge on any atom is -0.457 e. The van der Waals surface area contributed by atoms with E-state index in [0.717, 1.165) is 66.9 Å². The van der Waals surface area contributed by atoms with Crippen molar-refractivity contribution in [3.8, 4) is 23.0 Å². The van der Waals surface area contributed by atoms with Crippen LogP contribution in [0.3, 0.4) is 0 Å². The van der Waals surface area contributed by atoms with Gasteiger partial charge in [0.25, 0.3) is 0 Å². The zero-order valence-corrected chi connectivity index (χ0v) is 38.8. The lowest BCUT2D eigenvalue weighted by molar-refractivity contribution is 0.482. The van der Waals surface area contributed by atoms with Crippen LogP contribution in [0.15, 0.2) is 296 Å². The maximum Gasteiger partial charge on any atom is 0.127 e. The largest absolute Gasteiger partial charge is 0.457 e. The van der Waals surface area contributed by atoms with Gasteiger partial charge in [-0.15, -0.1) is 0 Å². The molecule has 4 nitrogen and oxygen atoms in total. The lowest BCUT2D eigenvalue weighted by atomic mass is 10.2. The van der Waals surface area contributed by atoms with Crippen LogP contribution >= 0.6 is 35.3 Å². The molecular weight excluding hydrogens is 877 g/mol. The molecule has 0 amide bonds. The van der Waals surface area contributed by atoms with Crippen molar-refractivity contribution in [2.45, 2.75) is 29.4 Å². The maximum atomic E-state index is 6.14.